The van der Waals surface area contributed by atoms with Crippen molar-refractivity contribution < 1.29 is 4.74 Å². The number of aromatic nitrogens is 2. The second kappa shape index (κ2) is 12.3. The van der Waals surface area contributed by atoms with Crippen LogP contribution < -0.4 is 14.8 Å². The number of nitrogens with one attached hydrogen (secondary N) is 2. The summed E-state index contributed by atoms with van der Waals surface area (Å²) in [5, 5.41) is 17.9. The molecule has 4 rings (SSSR count). The maximum absolute atomic E-state index is 9.45. The summed E-state index contributed by atoms with van der Waals surface area (Å²) in [5.41, 5.74) is 6.87. The molecule has 0 saturated carbocycles. The lowest BCUT2D eigenvalue weighted by Gasteiger charge is -2.13. The van der Waals surface area contributed by atoms with Crippen LogP contribution in [0.1, 0.15) is 25.0 Å². The summed E-state index contributed by atoms with van der Waals surface area (Å²) in [5.74, 6) is 1.65. The van der Waals surface area contributed by atoms with Gasteiger partial charge in [0, 0.05) is 29.7 Å². The van der Waals surface area contributed by atoms with Gasteiger partial charge in [-0.25, -0.2) is 0 Å². The first-order valence-electron chi connectivity index (χ1n) is 12.0. The van der Waals surface area contributed by atoms with Crippen LogP contribution in [0.3, 0.4) is 0 Å². The molecule has 1 aromatic heterocycles. The fourth-order valence-corrected chi connectivity index (χ4v) is 4.40. The Labute approximate surface area is 217 Å². The van der Waals surface area contributed by atoms with E-state index in [1.807, 2.05) is 56.0 Å². The minimum atomic E-state index is 0.0393. The second-order valence-electron chi connectivity index (χ2n) is 8.65. The Bertz CT molecular complexity index is 1330. The van der Waals surface area contributed by atoms with Gasteiger partial charge in [-0.3, -0.25) is 9.40 Å². The van der Waals surface area contributed by atoms with Crippen molar-refractivity contribution in [1.29, 1.82) is 5.26 Å². The van der Waals surface area contributed by atoms with Gasteiger partial charge >= 0.3 is 0 Å². The number of hydrogen-bond donors (Lipinski definition) is 2. The molecule has 0 fully saturated rings. The molecule has 0 unspecified atom stereocenters. The maximum atomic E-state index is 9.45. The van der Waals surface area contributed by atoms with Crippen LogP contribution in [0.4, 0.5) is 5.69 Å². The summed E-state index contributed by atoms with van der Waals surface area (Å²) < 4.78 is 10.9. The number of hydrogen-bond acceptors (Lipinski definition) is 6. The molecule has 0 radical (unpaired) electrons. The average molecular weight is 498 g/mol. The van der Waals surface area contributed by atoms with Gasteiger partial charge in [-0.15, -0.1) is 0 Å². The number of nitrogens with zero attached hydrogens (tertiary/aromatic N) is 3. The van der Waals surface area contributed by atoms with Crippen molar-refractivity contribution in [3.63, 3.8) is 0 Å². The molecule has 0 aliphatic rings. The monoisotopic (exact) mass is 497 g/mol. The molecular weight excluding hydrogens is 466 g/mol. The van der Waals surface area contributed by atoms with E-state index in [0.717, 1.165) is 40.4 Å². The van der Waals surface area contributed by atoms with Crippen molar-refractivity contribution in [1.82, 2.24) is 14.5 Å². The first-order chi connectivity index (χ1) is 17.6. The SMILES string of the molecule is CNSCCNc1ccc(-c2ccccc2)cc1-c1ccn(Cc2cc(C#N)cc(OC(C)C)c2)n1. The molecule has 0 amide bonds. The van der Waals surface area contributed by atoms with E-state index in [9.17, 15) is 5.26 Å². The first-order valence-corrected chi connectivity index (χ1v) is 13.0. The summed E-state index contributed by atoms with van der Waals surface area (Å²) in [4.78, 5) is 0. The predicted molar refractivity (Wildman–Crippen MR) is 149 cm³/mol. The Kier molecular flexibility index (Phi) is 8.66. The number of nitriles is 1. The molecule has 2 N–H and O–H groups in total. The Hall–Kier alpha value is -3.73. The van der Waals surface area contributed by atoms with Crippen LogP contribution in [0.5, 0.6) is 5.75 Å². The van der Waals surface area contributed by atoms with E-state index >= 15 is 0 Å². The van der Waals surface area contributed by atoms with Crippen LogP contribution in [0.2, 0.25) is 0 Å². The van der Waals surface area contributed by atoms with E-state index < -0.39 is 0 Å². The van der Waals surface area contributed by atoms with Crippen LogP contribution in [-0.4, -0.2) is 35.2 Å². The number of rotatable bonds is 11. The predicted octanol–water partition coefficient (Wildman–Crippen LogP) is 6.20. The second-order valence-corrected chi connectivity index (χ2v) is 9.75. The number of anilines is 1. The van der Waals surface area contributed by atoms with Crippen LogP contribution in [-0.2, 0) is 6.54 Å². The molecule has 0 saturated heterocycles. The average Bonchev–Trinajstić information content (AvgIpc) is 3.34. The van der Waals surface area contributed by atoms with E-state index in [1.54, 1.807) is 18.0 Å². The van der Waals surface area contributed by atoms with E-state index in [2.05, 4.69) is 58.6 Å². The third-order valence-electron chi connectivity index (χ3n) is 5.52. The van der Waals surface area contributed by atoms with E-state index in [1.165, 1.54) is 5.56 Å². The van der Waals surface area contributed by atoms with Crippen LogP contribution in [0.15, 0.2) is 79.0 Å². The summed E-state index contributed by atoms with van der Waals surface area (Å²) in [6.07, 6.45) is 2.02. The van der Waals surface area contributed by atoms with E-state index in [-0.39, 0.29) is 6.10 Å². The van der Waals surface area contributed by atoms with Crippen molar-refractivity contribution in [3.05, 3.63) is 90.1 Å². The molecule has 6 nitrogen and oxygen atoms in total. The lowest BCUT2D eigenvalue weighted by atomic mass is 10.00. The standard InChI is InChI=1S/C29H31N5OS/c1-21(2)35-26-16-22(19-30)15-23(17-26)20-34-13-11-29(33-34)27-18-25(24-7-5-4-6-8-24)9-10-28(27)32-12-14-36-31-3/h4-11,13,15-18,21,31-32H,12,14,20H2,1-3H3. The van der Waals surface area contributed by atoms with Crippen molar-refractivity contribution >= 4 is 17.6 Å². The Morgan fingerprint density at radius 3 is 2.61 bits per heavy atom. The fourth-order valence-electron chi connectivity index (χ4n) is 4.00. The molecule has 4 aromatic rings. The van der Waals surface area contributed by atoms with Gasteiger partial charge in [0.25, 0.3) is 0 Å². The van der Waals surface area contributed by atoms with Crippen LogP contribution in [0, 0.1) is 11.3 Å². The smallest absolute Gasteiger partial charge is 0.121 e. The quantitative estimate of drug-likeness (QED) is 0.190. The molecule has 3 aromatic carbocycles. The molecule has 7 heteroatoms. The molecule has 0 aliphatic heterocycles. The minimum Gasteiger partial charge on any atom is -0.491 e. The molecule has 184 valence electrons. The highest BCUT2D eigenvalue weighted by molar-refractivity contribution is 7.97. The molecule has 0 bridgehead atoms. The third kappa shape index (κ3) is 6.69. The topological polar surface area (TPSA) is 74.9 Å². The highest BCUT2D eigenvalue weighted by Gasteiger charge is 2.12. The molecule has 36 heavy (non-hydrogen) atoms. The first kappa shape index (κ1) is 25.4. The third-order valence-corrected chi connectivity index (χ3v) is 6.22. The van der Waals surface area contributed by atoms with Gasteiger partial charge in [0.15, 0.2) is 0 Å². The number of benzene rings is 3. The molecule has 1 heterocycles. The van der Waals surface area contributed by atoms with Crippen LogP contribution in [0.25, 0.3) is 22.4 Å². The maximum Gasteiger partial charge on any atom is 0.121 e. The summed E-state index contributed by atoms with van der Waals surface area (Å²) in [6, 6.07) is 26.8. The van der Waals surface area contributed by atoms with Gasteiger partial charge < -0.3 is 10.1 Å². The molecule has 0 spiro atoms. The number of ether oxygens (including phenoxy) is 1. The Morgan fingerprint density at radius 2 is 1.86 bits per heavy atom. The zero-order valence-electron chi connectivity index (χ0n) is 20.9. The zero-order valence-corrected chi connectivity index (χ0v) is 21.7. The van der Waals surface area contributed by atoms with Gasteiger partial charge in [-0.1, -0.05) is 48.3 Å². The summed E-state index contributed by atoms with van der Waals surface area (Å²) in [7, 11) is 1.93. The Balaban J connectivity index is 1.63. The van der Waals surface area contributed by atoms with Crippen LogP contribution >= 0.6 is 11.9 Å². The van der Waals surface area contributed by atoms with Crippen molar-refractivity contribution in [2.75, 3.05) is 24.7 Å². The molecule has 0 atom stereocenters. The van der Waals surface area contributed by atoms with Crippen molar-refractivity contribution in [2.24, 2.45) is 0 Å². The lowest BCUT2D eigenvalue weighted by Crippen LogP contribution is -2.08. The highest BCUT2D eigenvalue weighted by atomic mass is 32.2. The van der Waals surface area contributed by atoms with Crippen molar-refractivity contribution in [2.45, 2.75) is 26.5 Å². The van der Waals surface area contributed by atoms with Gasteiger partial charge in [-0.2, -0.15) is 10.4 Å². The minimum absolute atomic E-state index is 0.0393. The van der Waals surface area contributed by atoms with E-state index in [0.29, 0.717) is 17.9 Å². The van der Waals surface area contributed by atoms with E-state index in [4.69, 9.17) is 9.84 Å². The van der Waals surface area contributed by atoms with Gasteiger partial charge in [-0.05, 0) is 74.0 Å². The highest BCUT2D eigenvalue weighted by Crippen LogP contribution is 2.32. The van der Waals surface area contributed by atoms with Gasteiger partial charge in [0.1, 0.15) is 5.75 Å². The normalized spacial score (nSPS) is 10.9. The molecule has 0 aliphatic carbocycles. The summed E-state index contributed by atoms with van der Waals surface area (Å²) >= 11 is 1.68. The van der Waals surface area contributed by atoms with Gasteiger partial charge in [0.2, 0.25) is 0 Å². The fraction of sp³-hybridized carbons (Fsp3) is 0.241. The Morgan fingerprint density at radius 1 is 1.03 bits per heavy atom. The zero-order chi connectivity index (χ0) is 25.3. The molecular formula is C29H31N5OS. The summed E-state index contributed by atoms with van der Waals surface area (Å²) in [6.45, 7) is 5.34. The lowest BCUT2D eigenvalue weighted by molar-refractivity contribution is 0.242. The van der Waals surface area contributed by atoms with Gasteiger partial charge in [0.05, 0.1) is 30.0 Å². The largest absolute Gasteiger partial charge is 0.491 e. The van der Waals surface area contributed by atoms with Crippen molar-refractivity contribution in [3.8, 4) is 34.2 Å².